The molecular formula is C18H23N3O3S2. The van der Waals surface area contributed by atoms with Gasteiger partial charge in [-0.2, -0.15) is 0 Å². The normalized spacial score (nSPS) is 14.4. The van der Waals surface area contributed by atoms with Crippen molar-refractivity contribution < 1.29 is 9.53 Å². The fraction of sp³-hybridized carbons (Fsp3) is 0.500. The number of ether oxygens (including phenoxy) is 1. The third kappa shape index (κ3) is 3.72. The highest BCUT2D eigenvalue weighted by molar-refractivity contribution is 8.00. The van der Waals surface area contributed by atoms with E-state index in [4.69, 9.17) is 9.72 Å². The molecule has 3 rings (SSSR count). The number of carbonyl (C=O) groups excluding carboxylic acids is 1. The lowest BCUT2D eigenvalue weighted by atomic mass is 10.2. The summed E-state index contributed by atoms with van der Waals surface area (Å²) >= 11 is 2.92. The van der Waals surface area contributed by atoms with Gasteiger partial charge in [-0.3, -0.25) is 14.2 Å². The highest BCUT2D eigenvalue weighted by Crippen LogP contribution is 2.36. The van der Waals surface area contributed by atoms with Crippen LogP contribution in [0.3, 0.4) is 0 Å². The SMILES string of the molecule is C=CCNC(=O)[C@H](C)Sc1nc2sc3c(c2c(=O)n1CCOC)CCC3. The first-order chi connectivity index (χ1) is 12.6. The van der Waals surface area contributed by atoms with Crippen LogP contribution in [0.25, 0.3) is 10.2 Å². The zero-order valence-electron chi connectivity index (χ0n) is 15.0. The molecule has 2 aromatic rings. The minimum absolute atomic E-state index is 0.0207. The van der Waals surface area contributed by atoms with E-state index in [1.54, 1.807) is 29.1 Å². The molecule has 1 aliphatic rings. The van der Waals surface area contributed by atoms with E-state index >= 15 is 0 Å². The molecule has 140 valence electrons. The summed E-state index contributed by atoms with van der Waals surface area (Å²) in [5.41, 5.74) is 1.15. The Labute approximate surface area is 160 Å². The quantitative estimate of drug-likeness (QED) is 0.423. The van der Waals surface area contributed by atoms with Crippen LogP contribution in [0.1, 0.15) is 23.8 Å². The molecule has 1 aliphatic carbocycles. The van der Waals surface area contributed by atoms with Crippen LogP contribution >= 0.6 is 23.1 Å². The largest absolute Gasteiger partial charge is 0.383 e. The summed E-state index contributed by atoms with van der Waals surface area (Å²) in [5, 5.41) is 3.75. The van der Waals surface area contributed by atoms with Crippen molar-refractivity contribution in [3.63, 3.8) is 0 Å². The lowest BCUT2D eigenvalue weighted by molar-refractivity contribution is -0.120. The number of methoxy groups -OCH3 is 1. The topological polar surface area (TPSA) is 73.2 Å². The van der Waals surface area contributed by atoms with Crippen LogP contribution in [-0.2, 0) is 28.9 Å². The minimum Gasteiger partial charge on any atom is -0.383 e. The fourth-order valence-electron chi connectivity index (χ4n) is 3.06. The first-order valence-corrected chi connectivity index (χ1v) is 10.4. The van der Waals surface area contributed by atoms with Crippen molar-refractivity contribution >= 4 is 39.2 Å². The molecule has 8 heteroatoms. The highest BCUT2D eigenvalue weighted by atomic mass is 32.2. The Morgan fingerprint density at radius 1 is 1.54 bits per heavy atom. The average molecular weight is 394 g/mol. The lowest BCUT2D eigenvalue weighted by Gasteiger charge is -2.15. The van der Waals surface area contributed by atoms with E-state index in [2.05, 4.69) is 11.9 Å². The van der Waals surface area contributed by atoms with E-state index in [9.17, 15) is 9.59 Å². The summed E-state index contributed by atoms with van der Waals surface area (Å²) in [6, 6.07) is 0. The number of hydrogen-bond donors (Lipinski definition) is 1. The number of thioether (sulfide) groups is 1. The monoisotopic (exact) mass is 393 g/mol. The van der Waals surface area contributed by atoms with Gasteiger partial charge in [0.25, 0.3) is 5.56 Å². The van der Waals surface area contributed by atoms with Crippen molar-refractivity contribution in [1.82, 2.24) is 14.9 Å². The van der Waals surface area contributed by atoms with Gasteiger partial charge < -0.3 is 10.1 Å². The second kappa shape index (κ2) is 8.37. The molecule has 6 nitrogen and oxygen atoms in total. The van der Waals surface area contributed by atoms with Crippen molar-refractivity contribution in [3.8, 4) is 0 Å². The van der Waals surface area contributed by atoms with E-state index in [1.807, 2.05) is 6.92 Å². The van der Waals surface area contributed by atoms with Gasteiger partial charge in [-0.15, -0.1) is 17.9 Å². The molecule has 2 aromatic heterocycles. The van der Waals surface area contributed by atoms with Crippen LogP contribution in [0.5, 0.6) is 0 Å². The molecular weight excluding hydrogens is 370 g/mol. The predicted octanol–water partition coefficient (Wildman–Crippen LogP) is 2.38. The summed E-state index contributed by atoms with van der Waals surface area (Å²) in [7, 11) is 1.61. The maximum absolute atomic E-state index is 13.1. The highest BCUT2D eigenvalue weighted by Gasteiger charge is 2.25. The van der Waals surface area contributed by atoms with Gasteiger partial charge >= 0.3 is 0 Å². The number of fused-ring (bicyclic) bond motifs is 3. The molecule has 0 aliphatic heterocycles. The average Bonchev–Trinajstić information content (AvgIpc) is 3.19. The summed E-state index contributed by atoms with van der Waals surface area (Å²) in [6.45, 7) is 6.68. The number of thiophene rings is 1. The molecule has 0 saturated carbocycles. The maximum atomic E-state index is 13.1. The molecule has 1 amide bonds. The Balaban J connectivity index is 1.99. The maximum Gasteiger partial charge on any atom is 0.263 e. The van der Waals surface area contributed by atoms with Gasteiger partial charge in [0.1, 0.15) is 4.83 Å². The van der Waals surface area contributed by atoms with Gasteiger partial charge in [-0.25, -0.2) is 4.98 Å². The van der Waals surface area contributed by atoms with E-state index in [0.29, 0.717) is 24.9 Å². The molecule has 0 aromatic carbocycles. The molecule has 0 unspecified atom stereocenters. The van der Waals surface area contributed by atoms with Gasteiger partial charge in [0.15, 0.2) is 5.16 Å². The smallest absolute Gasteiger partial charge is 0.263 e. The number of hydrogen-bond acceptors (Lipinski definition) is 6. The number of aromatic nitrogens is 2. The molecule has 1 N–H and O–H groups in total. The number of amides is 1. The summed E-state index contributed by atoms with van der Waals surface area (Å²) in [4.78, 5) is 32.1. The second-order valence-electron chi connectivity index (χ2n) is 6.18. The standard InChI is InChI=1S/C18H23N3O3S2/c1-4-8-19-15(22)11(2)25-18-20-16-14(12-6-5-7-13(12)26-16)17(23)21(18)9-10-24-3/h4,11H,1,5-10H2,2-3H3,(H,19,22)/t11-/m0/s1. The van der Waals surface area contributed by atoms with Crippen LogP contribution in [0.15, 0.2) is 22.6 Å². The molecule has 0 bridgehead atoms. The summed E-state index contributed by atoms with van der Waals surface area (Å²) < 4.78 is 6.81. The zero-order valence-corrected chi connectivity index (χ0v) is 16.7. The molecule has 0 fully saturated rings. The number of aryl methyl sites for hydroxylation is 2. The van der Waals surface area contributed by atoms with Gasteiger partial charge in [0, 0.05) is 18.5 Å². The van der Waals surface area contributed by atoms with Crippen molar-refractivity contribution in [3.05, 3.63) is 33.4 Å². The van der Waals surface area contributed by atoms with E-state index in [0.717, 1.165) is 29.5 Å². The number of rotatable bonds is 8. The van der Waals surface area contributed by atoms with Crippen molar-refractivity contribution in [2.24, 2.45) is 0 Å². The Kier molecular flexibility index (Phi) is 6.16. The van der Waals surface area contributed by atoms with Gasteiger partial charge in [-0.05, 0) is 31.7 Å². The first-order valence-electron chi connectivity index (χ1n) is 8.66. The van der Waals surface area contributed by atoms with Gasteiger partial charge in [0.2, 0.25) is 5.91 Å². The Hall–Kier alpha value is -1.64. The molecule has 0 radical (unpaired) electrons. The van der Waals surface area contributed by atoms with Crippen molar-refractivity contribution in [2.45, 2.75) is 43.1 Å². The van der Waals surface area contributed by atoms with Crippen LogP contribution in [0.2, 0.25) is 0 Å². The van der Waals surface area contributed by atoms with Gasteiger partial charge in [0.05, 0.1) is 23.8 Å². The summed E-state index contributed by atoms with van der Waals surface area (Å²) in [6.07, 6.45) is 4.72. The zero-order chi connectivity index (χ0) is 18.7. The van der Waals surface area contributed by atoms with Crippen LogP contribution in [0, 0.1) is 0 Å². The number of nitrogens with one attached hydrogen (secondary N) is 1. The van der Waals surface area contributed by atoms with Crippen LogP contribution < -0.4 is 10.9 Å². The van der Waals surface area contributed by atoms with E-state index in [-0.39, 0.29) is 16.7 Å². The fourth-order valence-corrected chi connectivity index (χ4v) is 5.32. The van der Waals surface area contributed by atoms with E-state index < -0.39 is 0 Å². The molecule has 0 saturated heterocycles. The minimum atomic E-state index is -0.361. The summed E-state index contributed by atoms with van der Waals surface area (Å²) in [5.74, 6) is -0.101. The number of carbonyl (C=O) groups is 1. The van der Waals surface area contributed by atoms with E-state index in [1.165, 1.54) is 22.2 Å². The van der Waals surface area contributed by atoms with Crippen LogP contribution in [0.4, 0.5) is 0 Å². The van der Waals surface area contributed by atoms with Crippen molar-refractivity contribution in [2.75, 3.05) is 20.3 Å². The van der Waals surface area contributed by atoms with Crippen molar-refractivity contribution in [1.29, 1.82) is 0 Å². The van der Waals surface area contributed by atoms with Gasteiger partial charge in [-0.1, -0.05) is 17.8 Å². The molecule has 2 heterocycles. The molecule has 1 atom stereocenters. The lowest BCUT2D eigenvalue weighted by Crippen LogP contribution is -2.32. The Morgan fingerprint density at radius 3 is 3.08 bits per heavy atom. The second-order valence-corrected chi connectivity index (χ2v) is 8.57. The third-order valence-electron chi connectivity index (χ3n) is 4.38. The van der Waals surface area contributed by atoms with Crippen LogP contribution in [-0.4, -0.2) is 41.0 Å². The molecule has 0 spiro atoms. The predicted molar refractivity (Wildman–Crippen MR) is 106 cm³/mol. The number of nitrogens with zero attached hydrogens (tertiary/aromatic N) is 2. The third-order valence-corrected chi connectivity index (χ3v) is 6.66. The Morgan fingerprint density at radius 2 is 2.35 bits per heavy atom. The first kappa shape index (κ1) is 19.1. The molecule has 26 heavy (non-hydrogen) atoms. The Bertz CT molecular complexity index is 888.